The van der Waals surface area contributed by atoms with Crippen LogP contribution in [0.5, 0.6) is 0 Å². The van der Waals surface area contributed by atoms with Gasteiger partial charge in [-0.2, -0.15) is 0 Å². The third-order valence-electron chi connectivity index (χ3n) is 3.18. The van der Waals surface area contributed by atoms with Gasteiger partial charge in [-0.15, -0.1) is 0 Å². The molecule has 0 saturated carbocycles. The second kappa shape index (κ2) is 4.98. The largest absolute Gasteiger partial charge is 0.386 e. The first-order chi connectivity index (χ1) is 8.47. The molecule has 4 heteroatoms. The van der Waals surface area contributed by atoms with Gasteiger partial charge in [-0.3, -0.25) is 0 Å². The van der Waals surface area contributed by atoms with E-state index in [9.17, 15) is 4.39 Å². The van der Waals surface area contributed by atoms with E-state index in [1.165, 1.54) is 12.1 Å². The SMILES string of the molecule is CC(C)(OC[C@H]1C=C(N)NC1)c1ccc(F)cc1. The van der Waals surface area contributed by atoms with Crippen molar-refractivity contribution in [2.75, 3.05) is 13.2 Å². The monoisotopic (exact) mass is 250 g/mol. The number of nitrogens with one attached hydrogen (secondary N) is 1. The van der Waals surface area contributed by atoms with Crippen LogP contribution >= 0.6 is 0 Å². The van der Waals surface area contributed by atoms with Gasteiger partial charge in [-0.25, -0.2) is 4.39 Å². The Bertz CT molecular complexity index is 440. The van der Waals surface area contributed by atoms with E-state index >= 15 is 0 Å². The van der Waals surface area contributed by atoms with Gasteiger partial charge in [0, 0.05) is 12.5 Å². The van der Waals surface area contributed by atoms with Crippen LogP contribution in [0.3, 0.4) is 0 Å². The standard InChI is InChI=1S/C14H19FN2O/c1-14(2,11-3-5-12(15)6-4-11)18-9-10-7-13(16)17-8-10/h3-7,10,17H,8-9,16H2,1-2H3/t10-/m0/s1. The summed E-state index contributed by atoms with van der Waals surface area (Å²) in [7, 11) is 0. The van der Waals surface area contributed by atoms with Crippen molar-refractivity contribution >= 4 is 0 Å². The summed E-state index contributed by atoms with van der Waals surface area (Å²) < 4.78 is 18.8. The molecule has 1 aromatic rings. The van der Waals surface area contributed by atoms with Crippen LogP contribution in [0.25, 0.3) is 0 Å². The first-order valence-corrected chi connectivity index (χ1v) is 6.08. The molecule has 2 rings (SSSR count). The molecule has 18 heavy (non-hydrogen) atoms. The molecular weight excluding hydrogens is 231 g/mol. The average Bonchev–Trinajstić information content (AvgIpc) is 2.73. The van der Waals surface area contributed by atoms with Gasteiger partial charge in [-0.1, -0.05) is 12.1 Å². The molecule has 0 fully saturated rings. The van der Waals surface area contributed by atoms with E-state index in [0.717, 1.165) is 12.1 Å². The fraction of sp³-hybridized carbons (Fsp3) is 0.429. The lowest BCUT2D eigenvalue weighted by Gasteiger charge is -2.27. The predicted molar refractivity (Wildman–Crippen MR) is 69.1 cm³/mol. The van der Waals surface area contributed by atoms with E-state index in [1.54, 1.807) is 12.1 Å². The third-order valence-corrected chi connectivity index (χ3v) is 3.18. The molecule has 0 bridgehead atoms. The van der Waals surface area contributed by atoms with E-state index in [1.807, 2.05) is 19.9 Å². The molecule has 3 N–H and O–H groups in total. The molecule has 0 saturated heterocycles. The van der Waals surface area contributed by atoms with Crippen LogP contribution in [0.2, 0.25) is 0 Å². The van der Waals surface area contributed by atoms with E-state index in [-0.39, 0.29) is 5.82 Å². The van der Waals surface area contributed by atoms with E-state index in [4.69, 9.17) is 10.5 Å². The minimum absolute atomic E-state index is 0.231. The summed E-state index contributed by atoms with van der Waals surface area (Å²) in [5, 5.41) is 3.06. The van der Waals surface area contributed by atoms with Gasteiger partial charge < -0.3 is 15.8 Å². The van der Waals surface area contributed by atoms with Crippen molar-refractivity contribution in [3.63, 3.8) is 0 Å². The van der Waals surface area contributed by atoms with Crippen molar-refractivity contribution in [1.29, 1.82) is 0 Å². The first-order valence-electron chi connectivity index (χ1n) is 6.08. The van der Waals surface area contributed by atoms with Crippen molar-refractivity contribution in [3.05, 3.63) is 47.5 Å². The second-order valence-electron chi connectivity index (χ2n) is 5.09. The van der Waals surface area contributed by atoms with Crippen LogP contribution < -0.4 is 11.1 Å². The molecule has 1 heterocycles. The lowest BCUT2D eigenvalue weighted by atomic mass is 9.98. The number of halogens is 1. The zero-order valence-corrected chi connectivity index (χ0v) is 10.7. The molecule has 1 aliphatic rings. The van der Waals surface area contributed by atoms with Crippen molar-refractivity contribution in [3.8, 4) is 0 Å². The summed E-state index contributed by atoms with van der Waals surface area (Å²) in [4.78, 5) is 0. The van der Waals surface area contributed by atoms with Crippen LogP contribution in [0.15, 0.2) is 36.2 Å². The van der Waals surface area contributed by atoms with E-state index < -0.39 is 5.60 Å². The quantitative estimate of drug-likeness (QED) is 0.860. The van der Waals surface area contributed by atoms with E-state index in [0.29, 0.717) is 18.3 Å². The molecule has 1 atom stereocenters. The van der Waals surface area contributed by atoms with Crippen LogP contribution in [-0.2, 0) is 10.3 Å². The highest BCUT2D eigenvalue weighted by Crippen LogP contribution is 2.26. The smallest absolute Gasteiger partial charge is 0.123 e. The maximum absolute atomic E-state index is 12.9. The number of rotatable bonds is 4. The highest BCUT2D eigenvalue weighted by molar-refractivity contribution is 5.21. The van der Waals surface area contributed by atoms with E-state index in [2.05, 4.69) is 5.32 Å². The predicted octanol–water partition coefficient (Wildman–Crippen LogP) is 2.10. The van der Waals surface area contributed by atoms with Gasteiger partial charge in [0.15, 0.2) is 0 Å². The number of hydrogen-bond acceptors (Lipinski definition) is 3. The Hall–Kier alpha value is -1.55. The minimum atomic E-state index is -0.432. The molecule has 0 spiro atoms. The Kier molecular flexibility index (Phi) is 3.57. The number of benzene rings is 1. The Morgan fingerprint density at radius 3 is 2.61 bits per heavy atom. The van der Waals surface area contributed by atoms with Crippen LogP contribution in [0.4, 0.5) is 4.39 Å². The van der Waals surface area contributed by atoms with Crippen molar-refractivity contribution in [2.45, 2.75) is 19.4 Å². The Labute approximate surface area is 107 Å². The number of nitrogens with two attached hydrogens (primary N) is 1. The number of hydrogen-bond donors (Lipinski definition) is 2. The van der Waals surface area contributed by atoms with Gasteiger partial charge in [0.05, 0.1) is 18.0 Å². The highest BCUT2D eigenvalue weighted by atomic mass is 19.1. The van der Waals surface area contributed by atoms with Crippen molar-refractivity contribution in [2.24, 2.45) is 11.7 Å². The average molecular weight is 250 g/mol. The molecule has 0 unspecified atom stereocenters. The Morgan fingerprint density at radius 1 is 1.39 bits per heavy atom. The summed E-state index contributed by atoms with van der Waals surface area (Å²) in [5.74, 6) is 0.776. The van der Waals surface area contributed by atoms with Gasteiger partial charge >= 0.3 is 0 Å². The fourth-order valence-electron chi connectivity index (χ4n) is 1.98. The Morgan fingerprint density at radius 2 is 2.06 bits per heavy atom. The van der Waals surface area contributed by atoms with Crippen LogP contribution in [0.1, 0.15) is 19.4 Å². The van der Waals surface area contributed by atoms with Gasteiger partial charge in [-0.05, 0) is 37.6 Å². The molecule has 3 nitrogen and oxygen atoms in total. The van der Waals surface area contributed by atoms with Crippen molar-refractivity contribution in [1.82, 2.24) is 5.32 Å². The molecule has 1 aliphatic heterocycles. The first kappa shape index (κ1) is 12.9. The third kappa shape index (κ3) is 3.01. The fourth-order valence-corrected chi connectivity index (χ4v) is 1.98. The lowest BCUT2D eigenvalue weighted by molar-refractivity contribution is -0.0319. The van der Waals surface area contributed by atoms with Crippen LogP contribution in [0, 0.1) is 11.7 Å². The summed E-state index contributed by atoms with van der Waals surface area (Å²) >= 11 is 0. The summed E-state index contributed by atoms with van der Waals surface area (Å²) in [6, 6.07) is 6.42. The molecule has 1 aromatic carbocycles. The minimum Gasteiger partial charge on any atom is -0.386 e. The summed E-state index contributed by atoms with van der Waals surface area (Å²) in [6.45, 7) is 5.37. The molecule has 0 amide bonds. The van der Waals surface area contributed by atoms with Crippen LogP contribution in [-0.4, -0.2) is 13.2 Å². The molecule has 0 aromatic heterocycles. The zero-order valence-electron chi connectivity index (χ0n) is 10.7. The molecule has 98 valence electrons. The number of ether oxygens (including phenoxy) is 1. The Balaban J connectivity index is 1.96. The summed E-state index contributed by atoms with van der Waals surface area (Å²) in [5.41, 5.74) is 6.18. The highest BCUT2D eigenvalue weighted by Gasteiger charge is 2.23. The topological polar surface area (TPSA) is 47.3 Å². The maximum Gasteiger partial charge on any atom is 0.123 e. The normalized spacial score (nSPS) is 19.5. The zero-order chi connectivity index (χ0) is 13.2. The second-order valence-corrected chi connectivity index (χ2v) is 5.09. The molecule has 0 radical (unpaired) electrons. The van der Waals surface area contributed by atoms with Gasteiger partial charge in [0.25, 0.3) is 0 Å². The summed E-state index contributed by atoms with van der Waals surface area (Å²) in [6.07, 6.45) is 1.97. The lowest BCUT2D eigenvalue weighted by Crippen LogP contribution is -2.26. The van der Waals surface area contributed by atoms with Gasteiger partial charge in [0.1, 0.15) is 5.82 Å². The molecular formula is C14H19FN2O. The van der Waals surface area contributed by atoms with Gasteiger partial charge in [0.2, 0.25) is 0 Å². The molecule has 0 aliphatic carbocycles. The maximum atomic E-state index is 12.9. The van der Waals surface area contributed by atoms with Crippen molar-refractivity contribution < 1.29 is 9.13 Å².